The number of aliphatic hydroxyl groups excluding tert-OH is 1. The van der Waals surface area contributed by atoms with Crippen LogP contribution in [-0.2, 0) is 21.1 Å². The van der Waals surface area contributed by atoms with Crippen LogP contribution in [0, 0.1) is 0 Å². The number of hydrogen-bond donors (Lipinski definition) is 3. The summed E-state index contributed by atoms with van der Waals surface area (Å²) >= 11 is 0. The molecule has 0 spiro atoms. The average molecular weight is 579 g/mol. The molecule has 40 heavy (non-hydrogen) atoms. The van der Waals surface area contributed by atoms with Gasteiger partial charge < -0.3 is 19.7 Å². The first kappa shape index (κ1) is 26.7. The lowest BCUT2D eigenvalue weighted by atomic mass is 9.92. The number of imidazole rings is 1. The summed E-state index contributed by atoms with van der Waals surface area (Å²) in [6.45, 7) is 1.55. The number of fused-ring (bicyclic) bond motifs is 1. The molecule has 214 valence electrons. The number of rotatable bonds is 5. The van der Waals surface area contributed by atoms with E-state index in [9.17, 15) is 26.7 Å². The molecule has 14 heteroatoms. The first-order valence-corrected chi connectivity index (χ1v) is 14.6. The van der Waals surface area contributed by atoms with Gasteiger partial charge in [0, 0.05) is 30.9 Å². The Morgan fingerprint density at radius 1 is 1.00 bits per heavy atom. The Labute approximate surface area is 229 Å². The molecule has 2 aliphatic heterocycles. The van der Waals surface area contributed by atoms with Crippen molar-refractivity contribution in [1.29, 1.82) is 0 Å². The molecule has 0 atom stereocenters. The second-order valence-corrected chi connectivity index (χ2v) is 12.0. The number of aromatic nitrogens is 3. The highest BCUT2D eigenvalue weighted by Crippen LogP contribution is 2.33. The SMILES string of the molecule is O=S1(=O)NC(O)=CN1C1CCC(OC2CCN(c3ccc(-c4nc5ccc(C(F)(F)F)cc5[nH]4)cn3)CC2)CC1. The standard InChI is InChI=1S/C26H29F3N6O4S/c27-26(28,29)17-2-7-21-22(13-17)32-25(31-21)16-1-8-23(30-14-16)34-11-9-20(10-12-34)39-19-5-3-18(4-6-19)35-15-24(36)33-40(35,37)38/h1-2,7-8,13-15,18-20,33,36H,3-6,9-12H2,(H,31,32). The van der Waals surface area contributed by atoms with E-state index in [2.05, 4.69) is 24.6 Å². The summed E-state index contributed by atoms with van der Waals surface area (Å²) in [6, 6.07) is 7.00. The van der Waals surface area contributed by atoms with Crippen LogP contribution in [0.25, 0.3) is 22.4 Å². The molecule has 6 rings (SSSR count). The number of pyridine rings is 1. The van der Waals surface area contributed by atoms with E-state index in [4.69, 9.17) is 4.74 Å². The van der Waals surface area contributed by atoms with Crippen molar-refractivity contribution >= 4 is 27.1 Å². The number of H-pyrrole nitrogens is 1. The molecule has 0 radical (unpaired) electrons. The first-order chi connectivity index (χ1) is 19.0. The highest BCUT2D eigenvalue weighted by Gasteiger charge is 2.37. The molecular weight excluding hydrogens is 549 g/mol. The van der Waals surface area contributed by atoms with Gasteiger partial charge in [-0.05, 0) is 68.9 Å². The predicted octanol–water partition coefficient (Wildman–Crippen LogP) is 4.45. The van der Waals surface area contributed by atoms with Crippen molar-refractivity contribution in [2.24, 2.45) is 0 Å². The second-order valence-electron chi connectivity index (χ2n) is 10.4. The van der Waals surface area contributed by atoms with Crippen LogP contribution in [0.2, 0.25) is 0 Å². The molecule has 2 fully saturated rings. The van der Waals surface area contributed by atoms with Crippen LogP contribution in [0.1, 0.15) is 44.1 Å². The van der Waals surface area contributed by atoms with Crippen LogP contribution in [0.4, 0.5) is 19.0 Å². The molecule has 1 aromatic carbocycles. The van der Waals surface area contributed by atoms with E-state index in [1.165, 1.54) is 16.6 Å². The lowest BCUT2D eigenvalue weighted by molar-refractivity contribution is -0.137. The van der Waals surface area contributed by atoms with Crippen LogP contribution in [0.3, 0.4) is 0 Å². The molecule has 1 saturated heterocycles. The lowest BCUT2D eigenvalue weighted by Crippen LogP contribution is -2.42. The Bertz CT molecular complexity index is 1510. The summed E-state index contributed by atoms with van der Waals surface area (Å²) in [5.41, 5.74) is 0.735. The van der Waals surface area contributed by atoms with Gasteiger partial charge in [0.05, 0.1) is 35.0 Å². The minimum absolute atomic E-state index is 0.0806. The average Bonchev–Trinajstić information content (AvgIpc) is 3.48. The van der Waals surface area contributed by atoms with Gasteiger partial charge in [-0.25, -0.2) is 14.7 Å². The van der Waals surface area contributed by atoms with Crippen LogP contribution in [-0.4, -0.2) is 64.1 Å². The largest absolute Gasteiger partial charge is 0.493 e. The van der Waals surface area contributed by atoms with Gasteiger partial charge in [-0.3, -0.25) is 4.31 Å². The molecule has 1 saturated carbocycles. The molecule has 0 amide bonds. The van der Waals surface area contributed by atoms with E-state index in [1.54, 1.807) is 6.20 Å². The molecule has 3 aliphatic rings. The normalized spacial score (nSPS) is 23.8. The summed E-state index contributed by atoms with van der Waals surface area (Å²) in [7, 11) is -3.70. The van der Waals surface area contributed by atoms with E-state index in [0.717, 1.165) is 56.7 Å². The fourth-order valence-corrected chi connectivity index (χ4v) is 6.93. The smallest absolute Gasteiger partial charge is 0.416 e. The fraction of sp³-hybridized carbons (Fsp3) is 0.462. The monoisotopic (exact) mass is 578 g/mol. The lowest BCUT2D eigenvalue weighted by Gasteiger charge is -2.37. The first-order valence-electron chi connectivity index (χ1n) is 13.2. The number of hydrogen-bond acceptors (Lipinski definition) is 7. The van der Waals surface area contributed by atoms with Crippen LogP contribution in [0.15, 0.2) is 48.6 Å². The van der Waals surface area contributed by atoms with Gasteiger partial charge in [-0.2, -0.15) is 21.6 Å². The summed E-state index contributed by atoms with van der Waals surface area (Å²) in [4.78, 5) is 14.1. The minimum atomic E-state index is -4.42. The van der Waals surface area contributed by atoms with Crippen molar-refractivity contribution in [3.05, 3.63) is 54.2 Å². The summed E-state index contributed by atoms with van der Waals surface area (Å²) in [5.74, 6) is 0.920. The maximum atomic E-state index is 13.0. The van der Waals surface area contributed by atoms with Crippen molar-refractivity contribution < 1.29 is 31.4 Å². The Morgan fingerprint density at radius 3 is 2.35 bits per heavy atom. The molecule has 2 aromatic heterocycles. The van der Waals surface area contributed by atoms with Crippen molar-refractivity contribution in [3.63, 3.8) is 0 Å². The number of aromatic amines is 1. The van der Waals surface area contributed by atoms with Crippen molar-refractivity contribution in [2.45, 2.75) is 63.0 Å². The van der Waals surface area contributed by atoms with Gasteiger partial charge >= 0.3 is 16.4 Å². The maximum absolute atomic E-state index is 13.0. The molecule has 0 bridgehead atoms. The van der Waals surface area contributed by atoms with Crippen LogP contribution in [0.5, 0.6) is 0 Å². The van der Waals surface area contributed by atoms with Gasteiger partial charge in [-0.1, -0.05) is 0 Å². The Balaban J connectivity index is 1.00. The van der Waals surface area contributed by atoms with Crippen molar-refractivity contribution in [3.8, 4) is 11.4 Å². The van der Waals surface area contributed by atoms with Gasteiger partial charge in [-0.15, -0.1) is 0 Å². The number of benzene rings is 1. The third-order valence-corrected chi connectivity index (χ3v) is 9.17. The summed E-state index contributed by atoms with van der Waals surface area (Å²) in [6.07, 6.45) is 3.23. The van der Waals surface area contributed by atoms with Crippen LogP contribution >= 0.6 is 0 Å². The number of anilines is 1. The van der Waals surface area contributed by atoms with E-state index in [0.29, 0.717) is 35.3 Å². The van der Waals surface area contributed by atoms with Gasteiger partial charge in [0.15, 0.2) is 0 Å². The number of nitrogens with zero attached hydrogens (tertiary/aromatic N) is 4. The number of nitrogens with one attached hydrogen (secondary N) is 2. The number of alkyl halides is 3. The number of aliphatic hydroxyl groups is 1. The maximum Gasteiger partial charge on any atom is 0.416 e. The third-order valence-electron chi connectivity index (χ3n) is 7.75. The predicted molar refractivity (Wildman–Crippen MR) is 141 cm³/mol. The van der Waals surface area contributed by atoms with E-state index >= 15 is 0 Å². The quantitative estimate of drug-likeness (QED) is 0.409. The second kappa shape index (κ2) is 10.1. The number of halogens is 3. The van der Waals surface area contributed by atoms with Gasteiger partial charge in [0.25, 0.3) is 0 Å². The third kappa shape index (κ3) is 5.42. The molecule has 3 aromatic rings. The van der Waals surface area contributed by atoms with E-state index in [1.807, 2.05) is 12.1 Å². The fourth-order valence-electron chi connectivity index (χ4n) is 5.67. The summed E-state index contributed by atoms with van der Waals surface area (Å²) in [5, 5.41) is 9.52. The van der Waals surface area contributed by atoms with E-state index in [-0.39, 0.29) is 24.1 Å². The molecular formula is C26H29F3N6O4S. The van der Waals surface area contributed by atoms with E-state index < -0.39 is 21.9 Å². The van der Waals surface area contributed by atoms with Gasteiger partial charge in [0.1, 0.15) is 11.6 Å². The zero-order valence-electron chi connectivity index (χ0n) is 21.4. The molecule has 4 heterocycles. The van der Waals surface area contributed by atoms with Crippen molar-refractivity contribution in [1.82, 2.24) is 24.0 Å². The summed E-state index contributed by atoms with van der Waals surface area (Å²) < 4.78 is 73.0. The molecule has 3 N–H and O–H groups in total. The van der Waals surface area contributed by atoms with Gasteiger partial charge in [0.2, 0.25) is 5.88 Å². The zero-order valence-corrected chi connectivity index (χ0v) is 22.2. The molecule has 10 nitrogen and oxygen atoms in total. The number of ether oxygens (including phenoxy) is 1. The highest BCUT2D eigenvalue weighted by molar-refractivity contribution is 7.87. The highest BCUT2D eigenvalue weighted by atomic mass is 32.2. The zero-order chi connectivity index (χ0) is 28.1. The van der Waals surface area contributed by atoms with Crippen molar-refractivity contribution in [2.75, 3.05) is 18.0 Å². The topological polar surface area (TPSA) is 124 Å². The molecule has 1 aliphatic carbocycles. The Hall–Kier alpha value is -3.52. The number of piperidine rings is 1. The Kier molecular flexibility index (Phi) is 6.77. The minimum Gasteiger partial charge on any atom is -0.493 e. The Morgan fingerprint density at radius 2 is 1.73 bits per heavy atom. The molecule has 0 unspecified atom stereocenters. The van der Waals surface area contributed by atoms with Crippen LogP contribution < -0.4 is 9.62 Å².